The zero-order chi connectivity index (χ0) is 52.7. The largest absolute Gasteiger partial charge is 0.545 e. The minimum atomic E-state index is -1.62. The van der Waals surface area contributed by atoms with Crippen molar-refractivity contribution in [3.63, 3.8) is 0 Å². The summed E-state index contributed by atoms with van der Waals surface area (Å²) in [5.74, 6) is -2.26. The van der Waals surface area contributed by atoms with Gasteiger partial charge in [0.05, 0.1) is 40.3 Å². The van der Waals surface area contributed by atoms with Gasteiger partial charge in [0.25, 0.3) is 0 Å². The van der Waals surface area contributed by atoms with Crippen LogP contribution in [0, 0.1) is 0 Å². The molecule has 0 saturated carbocycles. The first kappa shape index (κ1) is 69.8. The molecular weight excluding hydrogens is 899 g/mol. The molecule has 0 saturated heterocycles. The molecule has 2 unspecified atom stereocenters. The Kier molecular flexibility index (Phi) is 53.3. The summed E-state index contributed by atoms with van der Waals surface area (Å²) in [6.07, 6.45) is 62.3. The van der Waals surface area contributed by atoms with Gasteiger partial charge < -0.3 is 33.3 Å². The summed E-state index contributed by atoms with van der Waals surface area (Å²) in [5.41, 5.74) is 0. The molecule has 0 heterocycles. The molecule has 0 aromatic heterocycles. The molecular formula is C63H119NO8. The lowest BCUT2D eigenvalue weighted by molar-refractivity contribution is -0.870. The van der Waals surface area contributed by atoms with E-state index in [9.17, 15) is 19.5 Å². The maximum atomic E-state index is 12.9. The van der Waals surface area contributed by atoms with Crippen molar-refractivity contribution in [1.82, 2.24) is 0 Å². The lowest BCUT2D eigenvalue weighted by Gasteiger charge is -2.26. The first-order valence-electron chi connectivity index (χ1n) is 31.0. The molecule has 9 heteroatoms. The number of carboxylic acids is 1. The van der Waals surface area contributed by atoms with E-state index in [2.05, 4.69) is 38.2 Å². The van der Waals surface area contributed by atoms with E-state index < -0.39 is 24.3 Å². The molecule has 0 radical (unpaired) electrons. The van der Waals surface area contributed by atoms with Crippen molar-refractivity contribution >= 4 is 17.9 Å². The summed E-state index contributed by atoms with van der Waals surface area (Å²) in [5, 5.41) is 11.8. The number of unbranched alkanes of at least 4 members (excludes halogenated alkanes) is 39. The first-order chi connectivity index (χ1) is 35.1. The summed E-state index contributed by atoms with van der Waals surface area (Å²) < 4.78 is 22.8. The minimum Gasteiger partial charge on any atom is -0.545 e. The van der Waals surface area contributed by atoms with Gasteiger partial charge in [-0.15, -0.1) is 0 Å². The van der Waals surface area contributed by atoms with Crippen LogP contribution in [-0.4, -0.2) is 82.3 Å². The number of ether oxygens (including phenoxy) is 4. The van der Waals surface area contributed by atoms with E-state index in [0.29, 0.717) is 23.9 Å². The molecule has 0 bridgehead atoms. The standard InChI is InChI=1S/C63H119NO8/c1-6-8-10-12-14-16-18-20-22-24-26-28-30-31-32-34-36-38-40-42-44-46-48-50-52-54-61(66)72-59(58-71-63(62(67)68)69-56-55-64(3,4)5)57-70-60(65)53-51-49-47-45-43-41-39-37-35-33-29-27-25-23-21-19-17-15-13-11-9-7-2/h18,20,24,26,59,63H,6-17,19,21-23,25,27-58H2,1-5H3/b20-18-,26-24-. The number of carboxylic acid groups (broad SMARTS) is 1. The van der Waals surface area contributed by atoms with Crippen LogP contribution < -0.4 is 5.11 Å². The van der Waals surface area contributed by atoms with Crippen LogP contribution in [0.4, 0.5) is 0 Å². The molecule has 0 amide bonds. The second-order valence-corrected chi connectivity index (χ2v) is 22.4. The average molecular weight is 1020 g/mol. The van der Waals surface area contributed by atoms with E-state index in [1.54, 1.807) is 0 Å². The molecule has 0 rings (SSSR count). The molecule has 0 fully saturated rings. The second kappa shape index (κ2) is 55.0. The molecule has 424 valence electrons. The van der Waals surface area contributed by atoms with Crippen LogP contribution in [0.2, 0.25) is 0 Å². The van der Waals surface area contributed by atoms with Crippen molar-refractivity contribution in [2.45, 2.75) is 315 Å². The Morgan fingerprint density at radius 1 is 0.417 bits per heavy atom. The molecule has 0 N–H and O–H groups in total. The number of rotatable bonds is 58. The summed E-state index contributed by atoms with van der Waals surface area (Å²) >= 11 is 0. The minimum absolute atomic E-state index is 0.150. The van der Waals surface area contributed by atoms with Gasteiger partial charge in [0.2, 0.25) is 0 Å². The van der Waals surface area contributed by atoms with Crippen LogP contribution in [0.3, 0.4) is 0 Å². The van der Waals surface area contributed by atoms with Gasteiger partial charge in [-0.3, -0.25) is 9.59 Å². The van der Waals surface area contributed by atoms with E-state index in [4.69, 9.17) is 18.9 Å². The van der Waals surface area contributed by atoms with E-state index in [-0.39, 0.29) is 32.2 Å². The van der Waals surface area contributed by atoms with Gasteiger partial charge >= 0.3 is 11.9 Å². The normalized spacial score (nSPS) is 12.8. The van der Waals surface area contributed by atoms with Crippen LogP contribution in [0.15, 0.2) is 24.3 Å². The first-order valence-corrected chi connectivity index (χ1v) is 31.0. The molecule has 0 aliphatic rings. The summed E-state index contributed by atoms with van der Waals surface area (Å²) in [4.78, 5) is 37.4. The maximum Gasteiger partial charge on any atom is 0.306 e. The molecule has 72 heavy (non-hydrogen) atoms. The number of hydrogen-bond donors (Lipinski definition) is 0. The van der Waals surface area contributed by atoms with E-state index in [0.717, 1.165) is 38.5 Å². The lowest BCUT2D eigenvalue weighted by Crippen LogP contribution is -2.44. The Morgan fingerprint density at radius 2 is 0.750 bits per heavy atom. The Bertz CT molecular complexity index is 1230. The maximum absolute atomic E-state index is 12.9. The fourth-order valence-corrected chi connectivity index (χ4v) is 9.16. The molecule has 0 aliphatic carbocycles. The summed E-state index contributed by atoms with van der Waals surface area (Å²) in [7, 11) is 5.93. The highest BCUT2D eigenvalue weighted by Gasteiger charge is 2.22. The number of hydrogen-bond acceptors (Lipinski definition) is 8. The summed E-state index contributed by atoms with van der Waals surface area (Å²) in [6, 6.07) is 0. The van der Waals surface area contributed by atoms with Crippen molar-refractivity contribution < 1.29 is 42.9 Å². The van der Waals surface area contributed by atoms with Crippen LogP contribution >= 0.6 is 0 Å². The Balaban J connectivity index is 4.17. The van der Waals surface area contributed by atoms with Gasteiger partial charge in [0.1, 0.15) is 13.2 Å². The number of esters is 2. The van der Waals surface area contributed by atoms with Gasteiger partial charge in [0.15, 0.2) is 12.4 Å². The molecule has 0 aromatic carbocycles. The van der Waals surface area contributed by atoms with E-state index in [1.807, 2.05) is 21.1 Å². The highest BCUT2D eigenvalue weighted by Crippen LogP contribution is 2.18. The quantitative estimate of drug-likeness (QED) is 0.0195. The van der Waals surface area contributed by atoms with E-state index in [1.165, 1.54) is 231 Å². The van der Waals surface area contributed by atoms with Crippen molar-refractivity contribution in [2.75, 3.05) is 47.5 Å². The number of carbonyl (C=O) groups is 3. The van der Waals surface area contributed by atoms with Crippen molar-refractivity contribution in [3.05, 3.63) is 24.3 Å². The zero-order valence-corrected chi connectivity index (χ0v) is 48.3. The average Bonchev–Trinajstić information content (AvgIpc) is 3.35. The molecule has 2 atom stereocenters. The smallest absolute Gasteiger partial charge is 0.306 e. The monoisotopic (exact) mass is 1020 g/mol. The molecule has 0 aliphatic heterocycles. The Morgan fingerprint density at radius 3 is 1.10 bits per heavy atom. The fourth-order valence-electron chi connectivity index (χ4n) is 9.16. The third-order valence-electron chi connectivity index (χ3n) is 14.0. The molecule has 0 aromatic rings. The van der Waals surface area contributed by atoms with Crippen molar-refractivity contribution in [1.29, 1.82) is 0 Å². The third-order valence-corrected chi connectivity index (χ3v) is 14.0. The van der Waals surface area contributed by atoms with Gasteiger partial charge in [-0.05, 0) is 44.9 Å². The summed E-state index contributed by atoms with van der Waals surface area (Å²) in [6.45, 7) is 4.80. The van der Waals surface area contributed by atoms with Crippen LogP contribution in [0.25, 0.3) is 0 Å². The molecule has 0 spiro atoms. The van der Waals surface area contributed by atoms with Gasteiger partial charge in [-0.25, -0.2) is 0 Å². The number of aliphatic carboxylic acids is 1. The van der Waals surface area contributed by atoms with Crippen LogP contribution in [-0.2, 0) is 33.3 Å². The van der Waals surface area contributed by atoms with Gasteiger partial charge in [-0.1, -0.05) is 269 Å². The highest BCUT2D eigenvalue weighted by molar-refractivity contribution is 5.70. The Labute approximate surface area is 446 Å². The fraction of sp³-hybridized carbons (Fsp3) is 0.889. The molecule has 9 nitrogen and oxygen atoms in total. The predicted octanol–water partition coefficient (Wildman–Crippen LogP) is 17.0. The Hall–Kier alpha value is -2.23. The van der Waals surface area contributed by atoms with Crippen LogP contribution in [0.5, 0.6) is 0 Å². The van der Waals surface area contributed by atoms with Crippen LogP contribution in [0.1, 0.15) is 303 Å². The number of allylic oxidation sites excluding steroid dienone is 4. The highest BCUT2D eigenvalue weighted by atomic mass is 16.7. The topological polar surface area (TPSA) is 111 Å². The second-order valence-electron chi connectivity index (χ2n) is 22.4. The van der Waals surface area contributed by atoms with Crippen molar-refractivity contribution in [2.24, 2.45) is 0 Å². The SMILES string of the molecule is CCCCCCC/C=C\C/C=C\CCCCCCCCCCCCCCCC(=O)OC(COC(=O)CCCCCCCCCCCCCCCCCCCCCCCC)COC(OCC[N+](C)(C)C)C(=O)[O-]. The lowest BCUT2D eigenvalue weighted by atomic mass is 10.0. The number of carbonyl (C=O) groups excluding carboxylic acids is 3. The number of likely N-dealkylation sites (N-methyl/N-ethyl adjacent to an activating group) is 1. The van der Waals surface area contributed by atoms with Gasteiger partial charge in [-0.2, -0.15) is 0 Å². The zero-order valence-electron chi connectivity index (χ0n) is 48.3. The number of quaternary nitrogens is 1. The number of nitrogens with zero attached hydrogens (tertiary/aromatic N) is 1. The third kappa shape index (κ3) is 55.5. The predicted molar refractivity (Wildman–Crippen MR) is 302 cm³/mol. The van der Waals surface area contributed by atoms with Gasteiger partial charge in [0, 0.05) is 12.8 Å². The van der Waals surface area contributed by atoms with E-state index >= 15 is 0 Å². The van der Waals surface area contributed by atoms with Crippen molar-refractivity contribution in [3.8, 4) is 0 Å².